The number of para-hydroxylation sites is 2. The van der Waals surface area contributed by atoms with Crippen molar-refractivity contribution in [2.75, 3.05) is 5.32 Å². The second-order valence-electron chi connectivity index (χ2n) is 6.04. The lowest BCUT2D eigenvalue weighted by atomic mass is 10.1. The van der Waals surface area contributed by atoms with Crippen molar-refractivity contribution < 1.29 is 9.53 Å². The zero-order valence-corrected chi connectivity index (χ0v) is 15.8. The third kappa shape index (κ3) is 3.77. The van der Waals surface area contributed by atoms with Gasteiger partial charge in [0.25, 0.3) is 5.56 Å². The Hall–Kier alpha value is -3.52. The molecule has 0 aliphatic rings. The van der Waals surface area contributed by atoms with E-state index >= 15 is 0 Å². The van der Waals surface area contributed by atoms with Crippen LogP contribution >= 0.6 is 11.3 Å². The fraction of sp³-hybridized carbons (Fsp3) is 0.100. The van der Waals surface area contributed by atoms with Gasteiger partial charge >= 0.3 is 5.97 Å². The number of esters is 1. The lowest BCUT2D eigenvalue weighted by Crippen LogP contribution is -2.14. The normalized spacial score (nSPS) is 10.8. The third-order valence-electron chi connectivity index (χ3n) is 3.94. The summed E-state index contributed by atoms with van der Waals surface area (Å²) in [6.45, 7) is 1.71. The van der Waals surface area contributed by atoms with Gasteiger partial charge in [0, 0.05) is 17.4 Å². The zero-order chi connectivity index (χ0) is 19.5. The number of hydrogen-bond donors (Lipinski definition) is 1. The van der Waals surface area contributed by atoms with Gasteiger partial charge in [0.1, 0.15) is 6.61 Å². The highest BCUT2D eigenvalue weighted by Gasteiger charge is 2.15. The molecule has 2 aromatic carbocycles. The van der Waals surface area contributed by atoms with Gasteiger partial charge in [0.15, 0.2) is 5.01 Å². The minimum Gasteiger partial charge on any atom is -0.455 e. The molecule has 8 heteroatoms. The summed E-state index contributed by atoms with van der Waals surface area (Å²) in [6, 6.07) is 18.1. The molecular formula is C20H16N4O3S. The summed E-state index contributed by atoms with van der Waals surface area (Å²) in [6.07, 6.45) is 0. The molecule has 0 atom stereocenters. The Balaban J connectivity index is 1.52. The Kier molecular flexibility index (Phi) is 4.86. The molecule has 4 aromatic rings. The van der Waals surface area contributed by atoms with Gasteiger partial charge in [-0.25, -0.2) is 9.78 Å². The minimum absolute atomic E-state index is 0.0367. The Morgan fingerprint density at radius 2 is 1.89 bits per heavy atom. The van der Waals surface area contributed by atoms with Crippen molar-refractivity contribution in [1.29, 1.82) is 0 Å². The molecule has 1 N–H and O–H groups in total. The van der Waals surface area contributed by atoms with Crippen LogP contribution in [0.15, 0.2) is 65.5 Å². The summed E-state index contributed by atoms with van der Waals surface area (Å²) >= 11 is 1.22. The van der Waals surface area contributed by atoms with Gasteiger partial charge in [0.05, 0.1) is 11.3 Å². The van der Waals surface area contributed by atoms with Crippen LogP contribution in [-0.4, -0.2) is 20.6 Å². The molecule has 0 aliphatic carbocycles. The first-order valence-corrected chi connectivity index (χ1v) is 9.36. The quantitative estimate of drug-likeness (QED) is 0.523. The summed E-state index contributed by atoms with van der Waals surface area (Å²) in [4.78, 5) is 29.3. The molecule has 0 spiro atoms. The average molecular weight is 392 g/mol. The SMILES string of the molecule is Cc1cc(=O)n2nc(COC(=O)c3ccccc3Nc3ccccc3)sc2n1. The first kappa shape index (κ1) is 17.9. The molecule has 0 aliphatic heterocycles. The third-order valence-corrected chi connectivity index (χ3v) is 4.82. The van der Waals surface area contributed by atoms with Gasteiger partial charge in [0.2, 0.25) is 4.96 Å². The molecule has 0 bridgehead atoms. The highest BCUT2D eigenvalue weighted by Crippen LogP contribution is 2.22. The van der Waals surface area contributed by atoms with E-state index in [2.05, 4.69) is 15.4 Å². The van der Waals surface area contributed by atoms with Crippen molar-refractivity contribution in [3.8, 4) is 0 Å². The van der Waals surface area contributed by atoms with Crippen LogP contribution in [0.4, 0.5) is 11.4 Å². The Morgan fingerprint density at radius 1 is 1.14 bits per heavy atom. The Bertz CT molecular complexity index is 1200. The number of fused-ring (bicyclic) bond motifs is 1. The highest BCUT2D eigenvalue weighted by molar-refractivity contribution is 7.16. The number of nitrogens with zero attached hydrogens (tertiary/aromatic N) is 3. The summed E-state index contributed by atoms with van der Waals surface area (Å²) < 4.78 is 6.63. The first-order valence-electron chi connectivity index (χ1n) is 8.55. The first-order chi connectivity index (χ1) is 13.6. The van der Waals surface area contributed by atoms with E-state index in [-0.39, 0.29) is 12.2 Å². The second kappa shape index (κ2) is 7.61. The highest BCUT2D eigenvalue weighted by atomic mass is 32.1. The van der Waals surface area contributed by atoms with E-state index in [0.29, 0.717) is 26.9 Å². The van der Waals surface area contributed by atoms with Gasteiger partial charge < -0.3 is 10.1 Å². The standard InChI is InChI=1S/C20H16N4O3S/c1-13-11-18(25)24-20(21-13)28-17(23-24)12-27-19(26)15-9-5-6-10-16(15)22-14-7-3-2-4-8-14/h2-11,22H,12H2,1H3. The molecule has 7 nitrogen and oxygen atoms in total. The van der Waals surface area contributed by atoms with Crippen LogP contribution in [0.2, 0.25) is 0 Å². The van der Waals surface area contributed by atoms with Gasteiger partial charge in [-0.2, -0.15) is 9.61 Å². The number of ether oxygens (including phenoxy) is 1. The summed E-state index contributed by atoms with van der Waals surface area (Å²) in [5, 5.41) is 7.89. The van der Waals surface area contributed by atoms with Crippen molar-refractivity contribution in [1.82, 2.24) is 14.6 Å². The molecule has 0 fully saturated rings. The number of carbonyl (C=O) groups is 1. The number of rotatable bonds is 5. The molecule has 0 saturated heterocycles. The fourth-order valence-corrected chi connectivity index (χ4v) is 3.53. The van der Waals surface area contributed by atoms with Gasteiger partial charge in [-0.1, -0.05) is 41.7 Å². The maximum Gasteiger partial charge on any atom is 0.340 e. The monoisotopic (exact) mass is 392 g/mol. The van der Waals surface area contributed by atoms with Crippen LogP contribution < -0.4 is 10.9 Å². The minimum atomic E-state index is -0.477. The zero-order valence-electron chi connectivity index (χ0n) is 15.0. The van der Waals surface area contributed by atoms with Crippen molar-refractivity contribution >= 4 is 33.6 Å². The molecular weight excluding hydrogens is 376 g/mol. The molecule has 2 aromatic heterocycles. The van der Waals surface area contributed by atoms with Crippen LogP contribution in [0, 0.1) is 6.92 Å². The molecule has 4 rings (SSSR count). The maximum atomic E-state index is 12.6. The van der Waals surface area contributed by atoms with E-state index in [4.69, 9.17) is 4.74 Å². The lowest BCUT2D eigenvalue weighted by Gasteiger charge is -2.11. The molecule has 140 valence electrons. The van der Waals surface area contributed by atoms with Gasteiger partial charge in [-0.05, 0) is 31.2 Å². The predicted octanol–water partition coefficient (Wildman–Crippen LogP) is 3.56. The summed E-state index contributed by atoms with van der Waals surface area (Å²) in [7, 11) is 0. The molecule has 0 amide bonds. The van der Waals surface area contributed by atoms with Crippen LogP contribution in [0.3, 0.4) is 0 Å². The smallest absolute Gasteiger partial charge is 0.340 e. The summed E-state index contributed by atoms with van der Waals surface area (Å²) in [5.74, 6) is -0.477. The van der Waals surface area contributed by atoms with E-state index in [1.165, 1.54) is 21.9 Å². The van der Waals surface area contributed by atoms with Crippen molar-refractivity contribution in [3.05, 3.63) is 87.3 Å². The van der Waals surface area contributed by atoms with Gasteiger partial charge in [-0.3, -0.25) is 4.79 Å². The number of nitrogens with one attached hydrogen (secondary N) is 1. The molecule has 28 heavy (non-hydrogen) atoms. The van der Waals surface area contributed by atoms with Crippen LogP contribution in [0.25, 0.3) is 4.96 Å². The fourth-order valence-electron chi connectivity index (χ4n) is 2.67. The largest absolute Gasteiger partial charge is 0.455 e. The van der Waals surface area contributed by atoms with Crippen LogP contribution in [-0.2, 0) is 11.3 Å². The Labute approximate surface area is 164 Å². The van der Waals surface area contributed by atoms with Crippen LogP contribution in [0.5, 0.6) is 0 Å². The Morgan fingerprint density at radius 3 is 2.71 bits per heavy atom. The average Bonchev–Trinajstić information content (AvgIpc) is 3.11. The second-order valence-corrected chi connectivity index (χ2v) is 7.08. The van der Waals surface area contributed by atoms with Crippen molar-refractivity contribution in [2.45, 2.75) is 13.5 Å². The van der Waals surface area contributed by atoms with Crippen LogP contribution in [0.1, 0.15) is 21.1 Å². The predicted molar refractivity (Wildman–Crippen MR) is 107 cm³/mol. The van der Waals surface area contributed by atoms with Gasteiger partial charge in [-0.15, -0.1) is 0 Å². The van der Waals surface area contributed by atoms with E-state index < -0.39 is 5.97 Å². The maximum absolute atomic E-state index is 12.6. The molecule has 0 saturated carbocycles. The van der Waals surface area contributed by atoms with Crippen molar-refractivity contribution in [3.63, 3.8) is 0 Å². The van der Waals surface area contributed by atoms with E-state index in [0.717, 1.165) is 5.69 Å². The number of carbonyl (C=O) groups excluding carboxylic acids is 1. The lowest BCUT2D eigenvalue weighted by molar-refractivity contribution is 0.0472. The number of aromatic nitrogens is 3. The molecule has 0 unspecified atom stereocenters. The number of aryl methyl sites for hydroxylation is 1. The van der Waals surface area contributed by atoms with Crippen molar-refractivity contribution in [2.24, 2.45) is 0 Å². The number of benzene rings is 2. The van der Waals surface area contributed by atoms with E-state index in [1.807, 2.05) is 42.5 Å². The van der Waals surface area contributed by atoms with E-state index in [1.54, 1.807) is 19.1 Å². The molecule has 0 radical (unpaired) electrons. The molecule has 2 heterocycles. The number of hydrogen-bond acceptors (Lipinski definition) is 7. The topological polar surface area (TPSA) is 85.6 Å². The number of anilines is 2. The summed E-state index contributed by atoms with van der Waals surface area (Å²) in [5.41, 5.74) is 2.30. The van der Waals surface area contributed by atoms with E-state index in [9.17, 15) is 9.59 Å².